The van der Waals surface area contributed by atoms with Crippen LogP contribution in [-0.4, -0.2) is 72.0 Å². The van der Waals surface area contributed by atoms with Crippen molar-refractivity contribution >= 4 is 23.7 Å². The fourth-order valence-corrected chi connectivity index (χ4v) is 9.10. The van der Waals surface area contributed by atoms with Crippen LogP contribution in [0, 0.1) is 33.1 Å². The van der Waals surface area contributed by atoms with Crippen LogP contribution in [0.3, 0.4) is 0 Å². The highest BCUT2D eigenvalue weighted by molar-refractivity contribution is 5.81. The minimum atomic E-state index is -0.764. The predicted molar refractivity (Wildman–Crippen MR) is 306 cm³/mol. The van der Waals surface area contributed by atoms with Gasteiger partial charge in [-0.25, -0.2) is 14.4 Å². The minimum Gasteiger partial charge on any atom is -0.508 e. The summed E-state index contributed by atoms with van der Waals surface area (Å²) in [4.78, 5) is 52.5. The molecule has 0 aliphatic rings. The first-order valence-corrected chi connectivity index (χ1v) is 26.4. The van der Waals surface area contributed by atoms with Gasteiger partial charge in [-0.15, -0.1) is 0 Å². The Morgan fingerprint density at radius 2 is 0.756 bits per heavy atom. The number of carbonyl (C=O) groups excluding carboxylic acids is 4. The summed E-state index contributed by atoms with van der Waals surface area (Å²) in [6.45, 7) is 29.0. The monoisotopic (exact) mass is 1060 g/mol. The highest BCUT2D eigenvalue weighted by Crippen LogP contribution is 2.47. The van der Waals surface area contributed by atoms with Crippen molar-refractivity contribution < 1.29 is 57.4 Å². The molecule has 12 heteroatoms. The second kappa shape index (κ2) is 24.4. The van der Waals surface area contributed by atoms with E-state index in [0.717, 1.165) is 66.8 Å². The Bertz CT molecular complexity index is 2950. The lowest BCUT2D eigenvalue weighted by Crippen LogP contribution is -2.27. The molecule has 0 amide bonds. The summed E-state index contributed by atoms with van der Waals surface area (Å²) >= 11 is 0. The lowest BCUT2D eigenvalue weighted by Gasteiger charge is -2.28. The SMILES string of the molecule is Cc1cc(-c2cc(C)c(OCC(=O)CC(C)(C)C)c(C(c3ccc(-c4ccc(O)cc4)cc3)c3cc(-c4ccc(OCC(=O)OC(C)(C)C)c(C)c4)cc(C)c3OCC(=O)OC(C)(C)C)c2)ccc1OCC(=O)OC(C)(C)C. The van der Waals surface area contributed by atoms with Gasteiger partial charge in [-0.3, -0.25) is 4.79 Å². The van der Waals surface area contributed by atoms with Gasteiger partial charge in [0.25, 0.3) is 0 Å². The molecule has 414 valence electrons. The third-order valence-electron chi connectivity index (χ3n) is 12.1. The number of benzene rings is 6. The Kier molecular flexibility index (Phi) is 18.6. The minimum absolute atomic E-state index is 0.0579. The third-order valence-corrected chi connectivity index (χ3v) is 12.1. The Balaban J connectivity index is 1.60. The molecule has 6 aromatic rings. The molecule has 0 saturated carbocycles. The molecule has 6 rings (SSSR count). The molecule has 0 saturated heterocycles. The molecule has 1 atom stereocenters. The van der Waals surface area contributed by atoms with Crippen molar-refractivity contribution in [2.75, 3.05) is 26.4 Å². The van der Waals surface area contributed by atoms with Gasteiger partial charge in [0.2, 0.25) is 0 Å². The van der Waals surface area contributed by atoms with Crippen LogP contribution in [0.5, 0.6) is 28.7 Å². The van der Waals surface area contributed by atoms with Crippen molar-refractivity contribution in [3.05, 3.63) is 148 Å². The molecule has 0 aromatic heterocycles. The Hall–Kier alpha value is -7.60. The first kappa shape index (κ1) is 59.6. The van der Waals surface area contributed by atoms with Crippen molar-refractivity contribution in [1.29, 1.82) is 0 Å². The van der Waals surface area contributed by atoms with E-state index in [2.05, 4.69) is 12.1 Å². The number of phenolic OH excluding ortho intramolecular Hbond substituents is 1. The molecule has 0 radical (unpaired) electrons. The van der Waals surface area contributed by atoms with Crippen molar-refractivity contribution in [1.82, 2.24) is 0 Å². The smallest absolute Gasteiger partial charge is 0.344 e. The lowest BCUT2D eigenvalue weighted by atomic mass is 9.80. The number of esters is 3. The van der Waals surface area contributed by atoms with E-state index >= 15 is 0 Å². The Morgan fingerprint density at radius 3 is 1.13 bits per heavy atom. The summed E-state index contributed by atoms with van der Waals surface area (Å²) in [5.74, 6) is -0.0614. The predicted octanol–water partition coefficient (Wildman–Crippen LogP) is 14.4. The summed E-state index contributed by atoms with van der Waals surface area (Å²) in [6.07, 6.45) is 0.303. The van der Waals surface area contributed by atoms with E-state index < -0.39 is 40.6 Å². The van der Waals surface area contributed by atoms with Crippen LogP contribution in [-0.2, 0) is 33.4 Å². The van der Waals surface area contributed by atoms with Crippen LogP contribution in [0.25, 0.3) is 33.4 Å². The van der Waals surface area contributed by atoms with Crippen LogP contribution in [0.1, 0.15) is 134 Å². The number of aromatic hydroxyl groups is 1. The van der Waals surface area contributed by atoms with Crippen LogP contribution < -0.4 is 18.9 Å². The normalized spacial score (nSPS) is 12.3. The number of ether oxygens (including phenoxy) is 7. The molecule has 0 heterocycles. The zero-order valence-electron chi connectivity index (χ0n) is 48.4. The quantitative estimate of drug-likeness (QED) is 0.0467. The molecular weight excluding hydrogens is 985 g/mol. The molecule has 0 bridgehead atoms. The van der Waals surface area contributed by atoms with Crippen LogP contribution >= 0.6 is 0 Å². The zero-order valence-corrected chi connectivity index (χ0v) is 48.4. The zero-order chi connectivity index (χ0) is 57.5. The molecule has 1 N–H and O–H groups in total. The fraction of sp³-hybridized carbons (Fsp3) is 0.394. The Labute approximate surface area is 461 Å². The molecule has 0 aliphatic carbocycles. The van der Waals surface area contributed by atoms with Crippen LogP contribution in [0.15, 0.2) is 109 Å². The number of rotatable bonds is 19. The van der Waals surface area contributed by atoms with E-state index in [1.807, 2.05) is 154 Å². The number of hydrogen-bond acceptors (Lipinski definition) is 12. The van der Waals surface area contributed by atoms with Crippen LogP contribution in [0.2, 0.25) is 0 Å². The van der Waals surface area contributed by atoms with Crippen molar-refractivity contribution in [3.63, 3.8) is 0 Å². The summed E-state index contributed by atoms with van der Waals surface area (Å²) in [6, 6.07) is 34.9. The van der Waals surface area contributed by atoms with Gasteiger partial charge >= 0.3 is 17.9 Å². The maximum Gasteiger partial charge on any atom is 0.344 e. The average Bonchev–Trinajstić information content (AvgIpc) is 3.39. The molecular formula is C66H78O12. The standard InChI is InChI=1S/C66H78O12/c1-40-29-47(23-27-55(40)72-37-57(69)76-64(8,9)10)49-31-42(3)61(74-36-52(68)35-63(5,6)7)53(33-49)60(46-19-17-44(18-20-46)45-21-25-51(67)26-22-45)54-34-50(32-43(4)62(54)75-39-59(71)78-66(14,15)16)48-24-28-56(41(2)30-48)73-38-58(70)77-65(11,12)13/h17-34,60,67H,35-39H2,1-16H3. The maximum atomic E-state index is 13.7. The van der Waals surface area contributed by atoms with Crippen LogP contribution in [0.4, 0.5) is 0 Å². The van der Waals surface area contributed by atoms with E-state index in [-0.39, 0.29) is 43.4 Å². The number of hydrogen-bond donors (Lipinski definition) is 1. The fourth-order valence-electron chi connectivity index (χ4n) is 9.10. The largest absolute Gasteiger partial charge is 0.508 e. The highest BCUT2D eigenvalue weighted by atomic mass is 16.6. The van der Waals surface area contributed by atoms with Gasteiger partial charge in [0.15, 0.2) is 25.6 Å². The van der Waals surface area contributed by atoms with Crippen molar-refractivity contribution in [2.24, 2.45) is 5.41 Å². The van der Waals surface area contributed by atoms with E-state index in [0.29, 0.717) is 35.0 Å². The second-order valence-corrected chi connectivity index (χ2v) is 24.2. The second-order valence-electron chi connectivity index (χ2n) is 24.2. The summed E-state index contributed by atoms with van der Waals surface area (Å²) in [5.41, 5.74) is 8.14. The summed E-state index contributed by atoms with van der Waals surface area (Å²) in [7, 11) is 0. The van der Waals surface area contributed by atoms with E-state index in [9.17, 15) is 24.3 Å². The van der Waals surface area contributed by atoms with Gasteiger partial charge in [0, 0.05) is 23.5 Å². The van der Waals surface area contributed by atoms with E-state index in [1.165, 1.54) is 0 Å². The summed E-state index contributed by atoms with van der Waals surface area (Å²) < 4.78 is 42.1. The van der Waals surface area contributed by atoms with E-state index in [1.54, 1.807) is 53.7 Å². The first-order chi connectivity index (χ1) is 36.3. The molecule has 1 unspecified atom stereocenters. The first-order valence-electron chi connectivity index (χ1n) is 26.4. The average molecular weight is 1060 g/mol. The Morgan fingerprint density at radius 1 is 0.410 bits per heavy atom. The molecule has 12 nitrogen and oxygen atoms in total. The van der Waals surface area contributed by atoms with Crippen molar-refractivity contribution in [2.45, 2.75) is 140 Å². The van der Waals surface area contributed by atoms with Gasteiger partial charge in [-0.1, -0.05) is 69.3 Å². The molecule has 6 aromatic carbocycles. The maximum absolute atomic E-state index is 13.7. The molecule has 0 fully saturated rings. The number of carbonyl (C=O) groups is 4. The van der Waals surface area contributed by atoms with Gasteiger partial charge in [-0.2, -0.15) is 0 Å². The van der Waals surface area contributed by atoms with Gasteiger partial charge in [0.05, 0.1) is 0 Å². The van der Waals surface area contributed by atoms with Gasteiger partial charge in [-0.05, 0) is 217 Å². The van der Waals surface area contributed by atoms with Crippen molar-refractivity contribution in [3.8, 4) is 62.1 Å². The lowest BCUT2D eigenvalue weighted by molar-refractivity contribution is -0.158. The topological polar surface area (TPSA) is 153 Å². The molecule has 78 heavy (non-hydrogen) atoms. The highest BCUT2D eigenvalue weighted by Gasteiger charge is 2.30. The number of aryl methyl sites for hydroxylation is 4. The summed E-state index contributed by atoms with van der Waals surface area (Å²) in [5, 5.41) is 10.1. The number of phenols is 1. The van der Waals surface area contributed by atoms with Gasteiger partial charge in [0.1, 0.15) is 52.2 Å². The van der Waals surface area contributed by atoms with Gasteiger partial charge < -0.3 is 38.3 Å². The number of ketones is 1. The number of Topliss-reactive ketones (excluding diaryl/α,β-unsaturated/α-hetero) is 1. The third kappa shape index (κ3) is 17.2. The van der Waals surface area contributed by atoms with E-state index in [4.69, 9.17) is 33.2 Å². The molecule has 0 spiro atoms. The molecule has 0 aliphatic heterocycles.